The van der Waals surface area contributed by atoms with E-state index in [0.717, 1.165) is 0 Å². The number of aliphatic hydroxyl groups is 3. The van der Waals surface area contributed by atoms with Crippen molar-refractivity contribution in [3.63, 3.8) is 0 Å². The third-order valence-corrected chi connectivity index (χ3v) is 2.21. The molecule has 0 spiro atoms. The number of aliphatic hydroxyl groups excluding tert-OH is 3. The van der Waals surface area contributed by atoms with E-state index in [2.05, 4.69) is 0 Å². The van der Waals surface area contributed by atoms with Gasteiger partial charge in [-0.15, -0.1) is 0 Å². The topological polar surface area (TPSA) is 178 Å². The molecular formula is C15H21O10P. The average Bonchev–Trinajstić information content (AvgIpc) is 3.37. The minimum absolute atomic E-state index is 0.00694. The molecule has 0 unspecified atom stereocenters. The van der Waals surface area contributed by atoms with Crippen LogP contribution in [0.1, 0.15) is 17.3 Å². The lowest BCUT2D eigenvalue weighted by Gasteiger charge is -1.82. The van der Waals surface area contributed by atoms with Crippen molar-refractivity contribution in [2.24, 2.45) is 0 Å². The van der Waals surface area contributed by atoms with Crippen LogP contribution in [0.25, 0.3) is 0 Å². The van der Waals surface area contributed by atoms with Crippen molar-refractivity contribution in [1.82, 2.24) is 0 Å². The highest BCUT2D eigenvalue weighted by molar-refractivity contribution is 7.45. The first-order valence-corrected chi connectivity index (χ1v) is 8.54. The molecular weight excluding hydrogens is 371 g/mol. The van der Waals surface area contributed by atoms with Gasteiger partial charge >= 0.3 is 7.82 Å². The molecule has 146 valence electrons. The van der Waals surface area contributed by atoms with Crippen LogP contribution in [-0.2, 0) is 24.4 Å². The second-order valence-electron chi connectivity index (χ2n) is 4.23. The zero-order valence-electron chi connectivity index (χ0n) is 13.6. The minimum Gasteiger partial charge on any atom is -0.467 e. The van der Waals surface area contributed by atoms with E-state index in [-0.39, 0.29) is 19.8 Å². The van der Waals surface area contributed by atoms with Crippen LogP contribution in [0.5, 0.6) is 0 Å². The third kappa shape index (κ3) is 15.4. The highest BCUT2D eigenvalue weighted by atomic mass is 31.2. The van der Waals surface area contributed by atoms with Crippen LogP contribution in [-0.4, -0.2) is 30.0 Å². The van der Waals surface area contributed by atoms with E-state index in [0.29, 0.717) is 17.3 Å². The van der Waals surface area contributed by atoms with Crippen LogP contribution in [0.2, 0.25) is 0 Å². The van der Waals surface area contributed by atoms with E-state index in [1.54, 1.807) is 36.4 Å². The Hall–Kier alpha value is -2.17. The molecule has 0 bridgehead atoms. The fourth-order valence-corrected chi connectivity index (χ4v) is 1.21. The van der Waals surface area contributed by atoms with Gasteiger partial charge in [0.05, 0.1) is 18.8 Å². The molecule has 0 aliphatic rings. The summed E-state index contributed by atoms with van der Waals surface area (Å²) in [5.41, 5.74) is 0. The highest BCUT2D eigenvalue weighted by Crippen LogP contribution is 2.25. The van der Waals surface area contributed by atoms with E-state index >= 15 is 0 Å². The predicted octanol–water partition coefficient (Wildman–Crippen LogP) is 1.39. The third-order valence-electron chi connectivity index (χ3n) is 2.21. The number of hydrogen-bond acceptors (Lipinski definition) is 7. The van der Waals surface area contributed by atoms with Crippen LogP contribution >= 0.6 is 7.82 Å². The maximum absolute atomic E-state index is 8.88. The molecule has 3 rings (SSSR count). The van der Waals surface area contributed by atoms with Gasteiger partial charge in [0, 0.05) is 0 Å². The standard InChI is InChI=1S/3C5H6O2.H3O4P/c3*6-4-5-2-1-3-7-5;1-5(2,3)4/h3*1-3,6H,4H2;(H3,1,2,3,4). The summed E-state index contributed by atoms with van der Waals surface area (Å²) in [5, 5.41) is 25.0. The van der Waals surface area contributed by atoms with Crippen molar-refractivity contribution in [1.29, 1.82) is 0 Å². The molecule has 0 aliphatic heterocycles. The SMILES string of the molecule is O=P(O)(O)O.OCc1ccco1.OCc1ccco1.OCc1ccco1. The Morgan fingerprint density at radius 2 is 0.885 bits per heavy atom. The Bertz CT molecular complexity index is 580. The molecule has 0 aliphatic carbocycles. The van der Waals surface area contributed by atoms with Crippen molar-refractivity contribution < 1.29 is 47.8 Å². The molecule has 0 saturated heterocycles. The van der Waals surface area contributed by atoms with Gasteiger partial charge in [0.2, 0.25) is 0 Å². The van der Waals surface area contributed by atoms with Crippen LogP contribution in [0.4, 0.5) is 0 Å². The first-order chi connectivity index (χ1) is 12.3. The first-order valence-electron chi connectivity index (χ1n) is 6.98. The predicted molar refractivity (Wildman–Crippen MR) is 88.2 cm³/mol. The van der Waals surface area contributed by atoms with Gasteiger partial charge in [0.15, 0.2) is 0 Å². The van der Waals surface area contributed by atoms with Crippen LogP contribution in [0.3, 0.4) is 0 Å². The largest absolute Gasteiger partial charge is 0.467 e. The molecule has 0 radical (unpaired) electrons. The Kier molecular flexibility index (Phi) is 12.9. The van der Waals surface area contributed by atoms with E-state index in [9.17, 15) is 0 Å². The van der Waals surface area contributed by atoms with Crippen LogP contribution in [0, 0.1) is 0 Å². The molecule has 0 amide bonds. The lowest BCUT2D eigenvalue weighted by molar-refractivity contribution is 0.247. The summed E-state index contributed by atoms with van der Waals surface area (Å²) in [6.07, 6.45) is 4.60. The van der Waals surface area contributed by atoms with Crippen LogP contribution in [0.15, 0.2) is 68.4 Å². The molecule has 6 N–H and O–H groups in total. The Morgan fingerprint density at radius 3 is 0.962 bits per heavy atom. The Morgan fingerprint density at radius 1 is 0.654 bits per heavy atom. The molecule has 3 aromatic rings. The van der Waals surface area contributed by atoms with E-state index < -0.39 is 7.82 Å². The molecule has 0 fully saturated rings. The van der Waals surface area contributed by atoms with Gasteiger partial charge < -0.3 is 43.3 Å². The Balaban J connectivity index is 0.000000324. The monoisotopic (exact) mass is 392 g/mol. The summed E-state index contributed by atoms with van der Waals surface area (Å²) in [6, 6.07) is 10.4. The van der Waals surface area contributed by atoms with Gasteiger partial charge in [-0.2, -0.15) is 0 Å². The zero-order chi connectivity index (χ0) is 19.8. The molecule has 10 nitrogen and oxygen atoms in total. The van der Waals surface area contributed by atoms with Gasteiger partial charge in [0.25, 0.3) is 0 Å². The van der Waals surface area contributed by atoms with Crippen molar-refractivity contribution in [3.05, 3.63) is 72.5 Å². The molecule has 26 heavy (non-hydrogen) atoms. The van der Waals surface area contributed by atoms with E-state index in [1.807, 2.05) is 0 Å². The number of phosphoric acid groups is 1. The molecule has 0 atom stereocenters. The van der Waals surface area contributed by atoms with Crippen molar-refractivity contribution in [2.45, 2.75) is 19.8 Å². The van der Waals surface area contributed by atoms with Crippen LogP contribution < -0.4 is 0 Å². The quantitative estimate of drug-likeness (QED) is 0.357. The highest BCUT2D eigenvalue weighted by Gasteiger charge is 2.00. The fraction of sp³-hybridized carbons (Fsp3) is 0.200. The summed E-state index contributed by atoms with van der Waals surface area (Å²) in [7, 11) is -4.64. The maximum atomic E-state index is 8.88. The molecule has 0 aromatic carbocycles. The fourth-order valence-electron chi connectivity index (χ4n) is 1.21. The van der Waals surface area contributed by atoms with Gasteiger partial charge in [0.1, 0.15) is 37.1 Å². The van der Waals surface area contributed by atoms with Gasteiger partial charge in [-0.25, -0.2) is 4.57 Å². The minimum atomic E-state index is -4.64. The summed E-state index contributed by atoms with van der Waals surface area (Å²) in [4.78, 5) is 21.6. The normalized spacial score (nSPS) is 9.77. The maximum Gasteiger partial charge on any atom is 0.466 e. The molecule has 11 heteroatoms. The summed E-state index contributed by atoms with van der Waals surface area (Å²) >= 11 is 0. The molecule has 3 heterocycles. The van der Waals surface area contributed by atoms with Gasteiger partial charge in [-0.3, -0.25) is 0 Å². The number of furan rings is 3. The van der Waals surface area contributed by atoms with Gasteiger partial charge in [-0.05, 0) is 36.4 Å². The number of rotatable bonds is 3. The smallest absolute Gasteiger partial charge is 0.466 e. The van der Waals surface area contributed by atoms with Gasteiger partial charge in [-0.1, -0.05) is 0 Å². The molecule has 0 saturated carbocycles. The number of hydrogen-bond donors (Lipinski definition) is 6. The zero-order valence-corrected chi connectivity index (χ0v) is 14.5. The van der Waals surface area contributed by atoms with Crippen molar-refractivity contribution in [2.75, 3.05) is 0 Å². The molecule has 3 aromatic heterocycles. The van der Waals surface area contributed by atoms with E-state index in [4.69, 9.17) is 47.8 Å². The van der Waals surface area contributed by atoms with Crippen molar-refractivity contribution >= 4 is 7.82 Å². The Labute approximate surface area is 148 Å². The lowest BCUT2D eigenvalue weighted by atomic mass is 10.5. The lowest BCUT2D eigenvalue weighted by Crippen LogP contribution is -1.72. The summed E-state index contributed by atoms with van der Waals surface area (Å²) < 4.78 is 23.1. The van der Waals surface area contributed by atoms with Crippen molar-refractivity contribution in [3.8, 4) is 0 Å². The second kappa shape index (κ2) is 14.0. The van der Waals surface area contributed by atoms with E-state index in [1.165, 1.54) is 18.8 Å². The second-order valence-corrected chi connectivity index (χ2v) is 5.25. The summed E-state index contributed by atoms with van der Waals surface area (Å²) in [5.74, 6) is 1.83. The average molecular weight is 392 g/mol. The summed E-state index contributed by atoms with van der Waals surface area (Å²) in [6.45, 7) is -0.0208. The first kappa shape index (κ1) is 23.8.